The van der Waals surface area contributed by atoms with Gasteiger partial charge in [0.1, 0.15) is 5.94 Å². The number of benzene rings is 1. The molecule has 2 atom stereocenters. The predicted octanol–water partition coefficient (Wildman–Crippen LogP) is 3.60. The van der Waals surface area contributed by atoms with E-state index in [1.807, 2.05) is 24.5 Å². The maximum atomic E-state index is 12.1. The summed E-state index contributed by atoms with van der Waals surface area (Å²) in [6, 6.07) is 10.2. The van der Waals surface area contributed by atoms with Crippen molar-refractivity contribution in [1.29, 1.82) is 0 Å². The summed E-state index contributed by atoms with van der Waals surface area (Å²) < 4.78 is 5.27. The minimum atomic E-state index is -0.0671. The SMILES string of the molecule is CSCOC(=O)[C@H]1CC=CC[C@H]1c1ccccc1. The van der Waals surface area contributed by atoms with Gasteiger partial charge in [-0.25, -0.2) is 0 Å². The summed E-state index contributed by atoms with van der Waals surface area (Å²) in [5.74, 6) is 0.596. The highest BCUT2D eigenvalue weighted by molar-refractivity contribution is 7.98. The van der Waals surface area contributed by atoms with Crippen molar-refractivity contribution >= 4 is 17.7 Å². The van der Waals surface area contributed by atoms with Crippen LogP contribution in [-0.2, 0) is 9.53 Å². The van der Waals surface area contributed by atoms with E-state index in [-0.39, 0.29) is 17.8 Å². The second-order valence-corrected chi connectivity index (χ2v) is 5.25. The van der Waals surface area contributed by atoms with Crippen molar-refractivity contribution in [3.8, 4) is 0 Å². The molecule has 0 amide bonds. The molecule has 0 aliphatic heterocycles. The molecule has 3 heteroatoms. The van der Waals surface area contributed by atoms with Crippen molar-refractivity contribution in [2.45, 2.75) is 18.8 Å². The smallest absolute Gasteiger partial charge is 0.310 e. The topological polar surface area (TPSA) is 26.3 Å². The molecule has 2 rings (SSSR count). The van der Waals surface area contributed by atoms with E-state index in [2.05, 4.69) is 24.3 Å². The molecule has 0 heterocycles. The third kappa shape index (κ3) is 3.16. The third-order valence-corrected chi connectivity index (χ3v) is 3.64. The summed E-state index contributed by atoms with van der Waals surface area (Å²) in [4.78, 5) is 12.1. The van der Waals surface area contributed by atoms with Crippen molar-refractivity contribution < 1.29 is 9.53 Å². The van der Waals surface area contributed by atoms with Gasteiger partial charge in [-0.1, -0.05) is 42.5 Å². The second-order valence-electron chi connectivity index (χ2n) is 4.44. The van der Waals surface area contributed by atoms with Crippen LogP contribution in [0.1, 0.15) is 24.3 Å². The summed E-state index contributed by atoms with van der Waals surface area (Å²) in [5.41, 5.74) is 1.23. The molecule has 1 aromatic carbocycles. The van der Waals surface area contributed by atoms with E-state index < -0.39 is 0 Å². The number of thioether (sulfide) groups is 1. The Kier molecular flexibility index (Phi) is 4.88. The van der Waals surface area contributed by atoms with Gasteiger partial charge in [0.05, 0.1) is 5.92 Å². The first-order chi connectivity index (χ1) is 8.83. The fraction of sp³-hybridized carbons (Fsp3) is 0.400. The second kappa shape index (κ2) is 6.64. The van der Waals surface area contributed by atoms with E-state index in [1.54, 1.807) is 0 Å². The average molecular weight is 262 g/mol. The Morgan fingerprint density at radius 1 is 1.28 bits per heavy atom. The first-order valence-corrected chi connectivity index (χ1v) is 7.58. The van der Waals surface area contributed by atoms with Crippen molar-refractivity contribution in [2.24, 2.45) is 5.92 Å². The lowest BCUT2D eigenvalue weighted by Crippen LogP contribution is -2.25. The van der Waals surface area contributed by atoms with Gasteiger partial charge >= 0.3 is 5.97 Å². The molecule has 0 radical (unpaired) electrons. The Labute approximate surface area is 112 Å². The summed E-state index contributed by atoms with van der Waals surface area (Å²) >= 11 is 1.53. The monoisotopic (exact) mass is 262 g/mol. The highest BCUT2D eigenvalue weighted by Gasteiger charge is 2.30. The van der Waals surface area contributed by atoms with Gasteiger partial charge in [0.25, 0.3) is 0 Å². The van der Waals surface area contributed by atoms with Crippen LogP contribution < -0.4 is 0 Å². The van der Waals surface area contributed by atoms with Gasteiger partial charge in [-0.15, -0.1) is 11.8 Å². The third-order valence-electron chi connectivity index (χ3n) is 3.28. The van der Waals surface area contributed by atoms with Gasteiger partial charge in [0.15, 0.2) is 0 Å². The van der Waals surface area contributed by atoms with Crippen LogP contribution in [0.25, 0.3) is 0 Å². The number of rotatable bonds is 4. The predicted molar refractivity (Wildman–Crippen MR) is 75.5 cm³/mol. The number of hydrogen-bond acceptors (Lipinski definition) is 3. The molecule has 1 aromatic rings. The molecule has 0 saturated heterocycles. The molecule has 96 valence electrons. The van der Waals surface area contributed by atoms with Crippen LogP contribution in [0.2, 0.25) is 0 Å². The quantitative estimate of drug-likeness (QED) is 0.471. The van der Waals surface area contributed by atoms with Crippen LogP contribution in [0, 0.1) is 5.92 Å². The largest absolute Gasteiger partial charge is 0.454 e. The van der Waals surface area contributed by atoms with E-state index in [0.717, 1.165) is 12.8 Å². The minimum Gasteiger partial charge on any atom is -0.454 e. The lowest BCUT2D eigenvalue weighted by atomic mass is 9.78. The van der Waals surface area contributed by atoms with Gasteiger partial charge in [0, 0.05) is 5.92 Å². The van der Waals surface area contributed by atoms with Crippen LogP contribution in [0.15, 0.2) is 42.5 Å². The Morgan fingerprint density at radius 3 is 2.72 bits per heavy atom. The Morgan fingerprint density at radius 2 is 2.00 bits per heavy atom. The molecule has 0 saturated carbocycles. The molecule has 1 aliphatic rings. The number of ether oxygens (including phenoxy) is 1. The zero-order valence-electron chi connectivity index (χ0n) is 10.5. The minimum absolute atomic E-state index is 0.0375. The fourth-order valence-corrected chi connectivity index (χ4v) is 2.60. The van der Waals surface area contributed by atoms with E-state index >= 15 is 0 Å². The zero-order valence-corrected chi connectivity index (χ0v) is 11.4. The molecule has 0 unspecified atom stereocenters. The average Bonchev–Trinajstić information content (AvgIpc) is 2.45. The molecule has 0 bridgehead atoms. The Balaban J connectivity index is 2.12. The molecule has 0 aromatic heterocycles. The van der Waals surface area contributed by atoms with Crippen LogP contribution in [0.4, 0.5) is 0 Å². The molecule has 0 fully saturated rings. The van der Waals surface area contributed by atoms with Gasteiger partial charge in [-0.2, -0.15) is 0 Å². The lowest BCUT2D eigenvalue weighted by Gasteiger charge is -2.27. The maximum absolute atomic E-state index is 12.1. The Bertz CT molecular complexity index is 414. The van der Waals surface area contributed by atoms with E-state index in [1.165, 1.54) is 17.3 Å². The number of carbonyl (C=O) groups is 1. The highest BCUT2D eigenvalue weighted by atomic mass is 32.2. The summed E-state index contributed by atoms with van der Waals surface area (Å²) in [6.45, 7) is 0. The first kappa shape index (κ1) is 13.2. The highest BCUT2D eigenvalue weighted by Crippen LogP contribution is 2.35. The van der Waals surface area contributed by atoms with Gasteiger partial charge < -0.3 is 4.74 Å². The van der Waals surface area contributed by atoms with Crippen molar-refractivity contribution in [2.75, 3.05) is 12.2 Å². The van der Waals surface area contributed by atoms with Gasteiger partial charge in [-0.3, -0.25) is 4.79 Å². The molecular weight excluding hydrogens is 244 g/mol. The van der Waals surface area contributed by atoms with Gasteiger partial charge in [-0.05, 0) is 24.7 Å². The molecule has 0 spiro atoms. The first-order valence-electron chi connectivity index (χ1n) is 6.18. The van der Waals surface area contributed by atoms with E-state index in [4.69, 9.17) is 4.74 Å². The molecule has 18 heavy (non-hydrogen) atoms. The number of allylic oxidation sites excluding steroid dienone is 2. The van der Waals surface area contributed by atoms with Gasteiger partial charge in [0.2, 0.25) is 0 Å². The normalized spacial score (nSPS) is 22.7. The van der Waals surface area contributed by atoms with E-state index in [9.17, 15) is 4.79 Å². The summed E-state index contributed by atoms with van der Waals surface area (Å²) in [6.07, 6.45) is 7.89. The number of esters is 1. The van der Waals surface area contributed by atoms with Crippen LogP contribution >= 0.6 is 11.8 Å². The van der Waals surface area contributed by atoms with Crippen LogP contribution in [-0.4, -0.2) is 18.2 Å². The number of hydrogen-bond donors (Lipinski definition) is 0. The Hall–Kier alpha value is -1.22. The van der Waals surface area contributed by atoms with Crippen molar-refractivity contribution in [3.63, 3.8) is 0 Å². The molecular formula is C15H18O2S. The summed E-state index contributed by atoms with van der Waals surface area (Å²) in [7, 11) is 0. The van der Waals surface area contributed by atoms with Crippen molar-refractivity contribution in [1.82, 2.24) is 0 Å². The van der Waals surface area contributed by atoms with Crippen molar-refractivity contribution in [3.05, 3.63) is 48.0 Å². The zero-order chi connectivity index (χ0) is 12.8. The standard InChI is InChI=1S/C15H18O2S/c1-18-11-17-15(16)14-10-6-5-9-13(14)12-7-3-2-4-8-12/h2-8,13-14H,9-11H2,1H3/t13-,14-/m0/s1. The van der Waals surface area contributed by atoms with Crippen LogP contribution in [0.3, 0.4) is 0 Å². The lowest BCUT2D eigenvalue weighted by molar-refractivity contribution is -0.147. The number of carbonyl (C=O) groups excluding carboxylic acids is 1. The van der Waals surface area contributed by atoms with E-state index in [0.29, 0.717) is 5.94 Å². The molecule has 1 aliphatic carbocycles. The molecule has 2 nitrogen and oxygen atoms in total. The van der Waals surface area contributed by atoms with Crippen LogP contribution in [0.5, 0.6) is 0 Å². The summed E-state index contributed by atoms with van der Waals surface area (Å²) in [5, 5.41) is 0. The fourth-order valence-electron chi connectivity index (χ4n) is 2.37. The maximum Gasteiger partial charge on any atom is 0.310 e. The molecule has 0 N–H and O–H groups in total.